The molecular formula is C17H12Cl2N4O4S2. The number of carbonyl (C=O) groups excluding carboxylic acids is 1. The van der Waals surface area contributed by atoms with Gasteiger partial charge in [0.2, 0.25) is 5.13 Å². The Morgan fingerprint density at radius 3 is 2.52 bits per heavy atom. The van der Waals surface area contributed by atoms with E-state index in [1.165, 1.54) is 47.4 Å². The highest BCUT2D eigenvalue weighted by Gasteiger charge is 2.12. The summed E-state index contributed by atoms with van der Waals surface area (Å²) >= 11 is 14.9. The molecule has 0 unspecified atom stereocenters. The zero-order chi connectivity index (χ0) is 20.8. The van der Waals surface area contributed by atoms with Gasteiger partial charge in [-0.25, -0.2) is 0 Å². The number of nitrogens with one attached hydrogen (secondary N) is 1. The topological polar surface area (TPSA) is 107 Å². The predicted octanol–water partition coefficient (Wildman–Crippen LogP) is 5.06. The number of nitro groups is 1. The highest BCUT2D eigenvalue weighted by atomic mass is 35.5. The monoisotopic (exact) mass is 470 g/mol. The molecule has 150 valence electrons. The van der Waals surface area contributed by atoms with Crippen LogP contribution in [0.3, 0.4) is 0 Å². The molecule has 3 rings (SSSR count). The molecule has 3 aromatic rings. The Bertz CT molecular complexity index is 1010. The highest BCUT2D eigenvalue weighted by molar-refractivity contribution is 8.00. The molecule has 0 aliphatic heterocycles. The maximum atomic E-state index is 12.0. The van der Waals surface area contributed by atoms with Gasteiger partial charge in [0.05, 0.1) is 4.92 Å². The number of aromatic nitrogens is 2. The summed E-state index contributed by atoms with van der Waals surface area (Å²) < 4.78 is 5.95. The number of carbonyl (C=O) groups is 1. The minimum absolute atomic E-state index is 0.0567. The van der Waals surface area contributed by atoms with E-state index in [1.807, 2.05) is 0 Å². The number of nitrogens with zero attached hydrogens (tertiary/aromatic N) is 3. The largest absolute Gasteiger partial charge is 0.484 e. The number of halogens is 2. The van der Waals surface area contributed by atoms with Gasteiger partial charge in [0.25, 0.3) is 11.6 Å². The van der Waals surface area contributed by atoms with Crippen molar-refractivity contribution in [1.29, 1.82) is 0 Å². The number of nitro benzene ring substituents is 1. The van der Waals surface area contributed by atoms with E-state index in [9.17, 15) is 14.9 Å². The normalized spacial score (nSPS) is 10.6. The van der Waals surface area contributed by atoms with E-state index in [2.05, 4.69) is 15.5 Å². The lowest BCUT2D eigenvalue weighted by molar-refractivity contribution is -0.384. The smallest absolute Gasteiger partial charge is 0.269 e. The SMILES string of the molecule is O=C(COc1ccc([N+](=O)[O-])cc1)Nc1nnc(SCc2c(Cl)cccc2Cl)s1. The van der Waals surface area contributed by atoms with Crippen LogP contribution in [-0.4, -0.2) is 27.6 Å². The van der Waals surface area contributed by atoms with Crippen LogP contribution in [0, 0.1) is 10.1 Å². The van der Waals surface area contributed by atoms with Crippen molar-refractivity contribution >= 4 is 63.0 Å². The van der Waals surface area contributed by atoms with Gasteiger partial charge in [0, 0.05) is 27.9 Å². The molecule has 0 spiro atoms. The van der Waals surface area contributed by atoms with Crippen LogP contribution in [0.1, 0.15) is 5.56 Å². The van der Waals surface area contributed by atoms with Crippen molar-refractivity contribution in [2.24, 2.45) is 0 Å². The number of anilines is 1. The van der Waals surface area contributed by atoms with E-state index in [-0.39, 0.29) is 12.3 Å². The van der Waals surface area contributed by atoms with Crippen LogP contribution < -0.4 is 10.1 Å². The van der Waals surface area contributed by atoms with Gasteiger partial charge in [-0.2, -0.15) is 0 Å². The molecule has 12 heteroatoms. The number of ether oxygens (including phenoxy) is 1. The third kappa shape index (κ3) is 6.04. The summed E-state index contributed by atoms with van der Waals surface area (Å²) in [5.74, 6) is 0.436. The second-order valence-electron chi connectivity index (χ2n) is 5.45. The molecule has 0 atom stereocenters. The molecular weight excluding hydrogens is 459 g/mol. The first-order valence-electron chi connectivity index (χ1n) is 7.98. The highest BCUT2D eigenvalue weighted by Crippen LogP contribution is 2.33. The van der Waals surface area contributed by atoms with Gasteiger partial charge in [0.15, 0.2) is 10.9 Å². The van der Waals surface area contributed by atoms with E-state index in [0.717, 1.165) is 5.56 Å². The van der Waals surface area contributed by atoms with E-state index in [1.54, 1.807) is 18.2 Å². The molecule has 8 nitrogen and oxygen atoms in total. The lowest BCUT2D eigenvalue weighted by Crippen LogP contribution is -2.20. The Kier molecular flexibility index (Phi) is 7.26. The summed E-state index contributed by atoms with van der Waals surface area (Å²) in [6, 6.07) is 10.7. The number of hydrogen-bond donors (Lipinski definition) is 1. The maximum Gasteiger partial charge on any atom is 0.269 e. The zero-order valence-electron chi connectivity index (χ0n) is 14.5. The van der Waals surface area contributed by atoms with Crippen LogP contribution in [-0.2, 0) is 10.5 Å². The van der Waals surface area contributed by atoms with Crippen molar-refractivity contribution in [2.45, 2.75) is 10.1 Å². The summed E-state index contributed by atoms with van der Waals surface area (Å²) in [5.41, 5.74) is 0.747. The summed E-state index contributed by atoms with van der Waals surface area (Å²) in [6.07, 6.45) is 0. The Hall–Kier alpha value is -2.40. The van der Waals surface area contributed by atoms with Gasteiger partial charge >= 0.3 is 0 Å². The summed E-state index contributed by atoms with van der Waals surface area (Å²) in [7, 11) is 0. The first kappa shape index (κ1) is 21.3. The van der Waals surface area contributed by atoms with E-state index >= 15 is 0 Å². The maximum absolute atomic E-state index is 12.0. The minimum atomic E-state index is -0.513. The Labute approximate surface area is 183 Å². The average molecular weight is 471 g/mol. The van der Waals surface area contributed by atoms with Gasteiger partial charge in [-0.15, -0.1) is 10.2 Å². The molecule has 1 heterocycles. The third-order valence-corrected chi connectivity index (χ3v) is 6.18. The van der Waals surface area contributed by atoms with Gasteiger partial charge in [-0.05, 0) is 29.8 Å². The second-order valence-corrected chi connectivity index (χ2v) is 8.46. The Balaban J connectivity index is 1.49. The third-order valence-electron chi connectivity index (χ3n) is 3.47. The van der Waals surface area contributed by atoms with Gasteiger partial charge in [0.1, 0.15) is 5.75 Å². The fourth-order valence-electron chi connectivity index (χ4n) is 2.09. The van der Waals surface area contributed by atoms with Crippen molar-refractivity contribution in [1.82, 2.24) is 10.2 Å². The first-order chi connectivity index (χ1) is 13.9. The predicted molar refractivity (Wildman–Crippen MR) is 113 cm³/mol. The van der Waals surface area contributed by atoms with Crippen LogP contribution in [0.2, 0.25) is 10.0 Å². The lowest BCUT2D eigenvalue weighted by Gasteiger charge is -2.05. The minimum Gasteiger partial charge on any atom is -0.484 e. The number of rotatable bonds is 8. The first-order valence-corrected chi connectivity index (χ1v) is 10.5. The molecule has 1 aromatic heterocycles. The number of hydrogen-bond acceptors (Lipinski definition) is 8. The molecule has 1 N–H and O–H groups in total. The average Bonchev–Trinajstić information content (AvgIpc) is 3.13. The van der Waals surface area contributed by atoms with Crippen molar-refractivity contribution in [3.63, 3.8) is 0 Å². The summed E-state index contributed by atoms with van der Waals surface area (Å²) in [6.45, 7) is -0.269. The molecule has 2 aromatic carbocycles. The molecule has 0 aliphatic rings. The second kappa shape index (κ2) is 9.88. The number of thioether (sulfide) groups is 1. The Morgan fingerprint density at radius 2 is 1.86 bits per heavy atom. The van der Waals surface area contributed by atoms with Crippen LogP contribution in [0.5, 0.6) is 5.75 Å². The van der Waals surface area contributed by atoms with E-state index in [4.69, 9.17) is 27.9 Å². The fraction of sp³-hybridized carbons (Fsp3) is 0.118. The van der Waals surface area contributed by atoms with Gasteiger partial charge in [-0.1, -0.05) is 52.4 Å². The molecule has 0 radical (unpaired) electrons. The fourth-order valence-corrected chi connectivity index (χ4v) is 4.60. The van der Waals surface area contributed by atoms with Crippen LogP contribution >= 0.6 is 46.3 Å². The number of amides is 1. The zero-order valence-corrected chi connectivity index (χ0v) is 17.6. The molecule has 0 bridgehead atoms. The van der Waals surface area contributed by atoms with Crippen LogP contribution in [0.15, 0.2) is 46.8 Å². The van der Waals surface area contributed by atoms with E-state index < -0.39 is 10.8 Å². The van der Waals surface area contributed by atoms with Crippen molar-refractivity contribution < 1.29 is 14.5 Å². The molecule has 0 fully saturated rings. The molecule has 1 amide bonds. The van der Waals surface area contributed by atoms with Crippen molar-refractivity contribution in [2.75, 3.05) is 11.9 Å². The molecule has 0 saturated heterocycles. The van der Waals surface area contributed by atoms with Gasteiger partial charge in [-0.3, -0.25) is 20.2 Å². The molecule has 0 aliphatic carbocycles. The van der Waals surface area contributed by atoms with Crippen molar-refractivity contribution in [3.8, 4) is 5.75 Å². The summed E-state index contributed by atoms with van der Waals surface area (Å²) in [5, 5.41) is 22.6. The van der Waals surface area contributed by atoms with Crippen LogP contribution in [0.25, 0.3) is 0 Å². The lowest BCUT2D eigenvalue weighted by atomic mass is 10.2. The van der Waals surface area contributed by atoms with Crippen molar-refractivity contribution in [3.05, 3.63) is 68.2 Å². The standard InChI is InChI=1S/C17H12Cl2N4O4S2/c18-13-2-1-3-14(19)12(13)9-28-17-22-21-16(29-17)20-15(24)8-27-11-6-4-10(5-7-11)23(25)26/h1-7H,8-9H2,(H,20,21,24). The molecule has 29 heavy (non-hydrogen) atoms. The Morgan fingerprint density at radius 1 is 1.17 bits per heavy atom. The quantitative estimate of drug-likeness (QED) is 0.212. The molecule has 0 saturated carbocycles. The van der Waals surface area contributed by atoms with Gasteiger partial charge < -0.3 is 4.74 Å². The van der Waals surface area contributed by atoms with E-state index in [0.29, 0.717) is 31.0 Å². The number of non-ortho nitro benzene ring substituents is 1. The van der Waals surface area contributed by atoms with Crippen LogP contribution in [0.4, 0.5) is 10.8 Å². The number of benzene rings is 2. The summed E-state index contributed by atoms with van der Waals surface area (Å²) in [4.78, 5) is 22.1.